The molecule has 6 heteroatoms. The van der Waals surface area contributed by atoms with Gasteiger partial charge in [-0.15, -0.1) is 0 Å². The first-order valence-corrected chi connectivity index (χ1v) is 5.23. The quantitative estimate of drug-likeness (QED) is 0.761. The molecule has 0 spiro atoms. The first-order chi connectivity index (χ1) is 7.70. The summed E-state index contributed by atoms with van der Waals surface area (Å²) >= 11 is 0. The highest BCUT2D eigenvalue weighted by Gasteiger charge is 2.28. The number of nitrogens with zero attached hydrogens (tertiary/aromatic N) is 3. The van der Waals surface area contributed by atoms with E-state index in [1.165, 1.54) is 0 Å². The lowest BCUT2D eigenvalue weighted by Crippen LogP contribution is -2.31. The highest BCUT2D eigenvalue weighted by Crippen LogP contribution is 2.14. The Morgan fingerprint density at radius 3 is 3.00 bits per heavy atom. The minimum atomic E-state index is -0.162. The Hall–Kier alpha value is -1.85. The minimum Gasteiger partial charge on any atom is -0.358 e. The Bertz CT molecular complexity index is 395. The van der Waals surface area contributed by atoms with Crippen molar-refractivity contribution in [3.05, 3.63) is 12.3 Å². The van der Waals surface area contributed by atoms with Crippen LogP contribution in [0.4, 0.5) is 11.8 Å². The molecule has 2 N–H and O–H groups in total. The Kier molecular flexibility index (Phi) is 2.89. The third kappa shape index (κ3) is 2.05. The highest BCUT2D eigenvalue weighted by molar-refractivity contribution is 5.86. The van der Waals surface area contributed by atoms with Crippen LogP contribution in [0, 0.1) is 0 Å². The number of likely N-dealkylation sites (tertiary alicyclic amines) is 1. The summed E-state index contributed by atoms with van der Waals surface area (Å²) < 4.78 is 0. The second-order valence-electron chi connectivity index (χ2n) is 3.76. The van der Waals surface area contributed by atoms with E-state index in [1.807, 2.05) is 7.05 Å². The lowest BCUT2D eigenvalue weighted by molar-refractivity contribution is -0.127. The van der Waals surface area contributed by atoms with Gasteiger partial charge in [-0.3, -0.25) is 4.79 Å². The summed E-state index contributed by atoms with van der Waals surface area (Å²) in [5.74, 6) is 1.33. The third-order valence-electron chi connectivity index (χ3n) is 2.63. The van der Waals surface area contributed by atoms with Crippen molar-refractivity contribution in [3.8, 4) is 0 Å². The molecule has 1 aromatic rings. The number of anilines is 2. The van der Waals surface area contributed by atoms with Crippen LogP contribution in [0.15, 0.2) is 12.3 Å². The maximum atomic E-state index is 11.7. The fourth-order valence-corrected chi connectivity index (χ4v) is 1.69. The second kappa shape index (κ2) is 4.34. The summed E-state index contributed by atoms with van der Waals surface area (Å²) in [5, 5.41) is 5.97. The van der Waals surface area contributed by atoms with Crippen LogP contribution in [-0.2, 0) is 4.79 Å². The van der Waals surface area contributed by atoms with Gasteiger partial charge < -0.3 is 15.5 Å². The molecule has 1 fully saturated rings. The van der Waals surface area contributed by atoms with Crippen molar-refractivity contribution in [2.75, 3.05) is 31.3 Å². The SMILES string of the molecule is CNc1nccc(NC2CCN(C)C2=O)n1. The lowest BCUT2D eigenvalue weighted by atomic mass is 10.2. The number of carbonyl (C=O) groups excluding carboxylic acids is 1. The molecule has 0 saturated carbocycles. The second-order valence-corrected chi connectivity index (χ2v) is 3.76. The van der Waals surface area contributed by atoms with E-state index in [-0.39, 0.29) is 11.9 Å². The average molecular weight is 221 g/mol. The zero-order valence-corrected chi connectivity index (χ0v) is 9.40. The average Bonchev–Trinajstić information content (AvgIpc) is 2.61. The number of nitrogens with one attached hydrogen (secondary N) is 2. The summed E-state index contributed by atoms with van der Waals surface area (Å²) in [4.78, 5) is 21.6. The Morgan fingerprint density at radius 1 is 1.56 bits per heavy atom. The summed E-state index contributed by atoms with van der Waals surface area (Å²) in [6.45, 7) is 0.792. The van der Waals surface area contributed by atoms with Crippen LogP contribution in [0.1, 0.15) is 6.42 Å². The van der Waals surface area contributed by atoms with Gasteiger partial charge in [0.05, 0.1) is 0 Å². The van der Waals surface area contributed by atoms with E-state index in [0.717, 1.165) is 13.0 Å². The molecule has 0 aromatic carbocycles. The zero-order valence-electron chi connectivity index (χ0n) is 9.40. The Balaban J connectivity index is 2.06. The smallest absolute Gasteiger partial charge is 0.244 e. The molecule has 1 amide bonds. The third-order valence-corrected chi connectivity index (χ3v) is 2.63. The largest absolute Gasteiger partial charge is 0.358 e. The van der Waals surface area contributed by atoms with Crippen molar-refractivity contribution >= 4 is 17.7 Å². The van der Waals surface area contributed by atoms with Crippen LogP contribution in [0.3, 0.4) is 0 Å². The van der Waals surface area contributed by atoms with Crippen LogP contribution < -0.4 is 10.6 Å². The molecule has 0 aliphatic carbocycles. The molecule has 1 aliphatic heterocycles. The number of likely N-dealkylation sites (N-methyl/N-ethyl adjacent to an activating group) is 1. The van der Waals surface area contributed by atoms with E-state index in [9.17, 15) is 4.79 Å². The number of hydrogen-bond acceptors (Lipinski definition) is 5. The van der Waals surface area contributed by atoms with Gasteiger partial charge in [-0.2, -0.15) is 4.98 Å². The van der Waals surface area contributed by atoms with Gasteiger partial charge >= 0.3 is 0 Å². The van der Waals surface area contributed by atoms with Crippen molar-refractivity contribution in [1.82, 2.24) is 14.9 Å². The van der Waals surface area contributed by atoms with E-state index in [2.05, 4.69) is 20.6 Å². The molecule has 1 aromatic heterocycles. The molecular weight excluding hydrogens is 206 g/mol. The molecule has 1 unspecified atom stereocenters. The summed E-state index contributed by atoms with van der Waals surface area (Å²) in [7, 11) is 3.57. The van der Waals surface area contributed by atoms with Crippen LogP contribution >= 0.6 is 0 Å². The number of hydrogen-bond donors (Lipinski definition) is 2. The normalized spacial score (nSPS) is 20.0. The molecule has 0 bridgehead atoms. The van der Waals surface area contributed by atoms with Gasteiger partial charge in [0.25, 0.3) is 0 Å². The number of aromatic nitrogens is 2. The van der Waals surface area contributed by atoms with Crippen molar-refractivity contribution in [2.45, 2.75) is 12.5 Å². The summed E-state index contributed by atoms with van der Waals surface area (Å²) in [5.41, 5.74) is 0. The van der Waals surface area contributed by atoms with E-state index < -0.39 is 0 Å². The standard InChI is InChI=1S/C10H15N5O/c1-11-10-12-5-3-8(14-10)13-7-4-6-15(2)9(7)16/h3,5,7H,4,6H2,1-2H3,(H2,11,12,13,14). The number of rotatable bonds is 3. The van der Waals surface area contributed by atoms with Crippen molar-refractivity contribution in [2.24, 2.45) is 0 Å². The van der Waals surface area contributed by atoms with E-state index in [4.69, 9.17) is 0 Å². The minimum absolute atomic E-state index is 0.115. The molecule has 2 heterocycles. The Labute approximate surface area is 94.1 Å². The predicted octanol–water partition coefficient (Wildman–Crippen LogP) is 0.161. The van der Waals surface area contributed by atoms with Gasteiger partial charge in [0.2, 0.25) is 11.9 Å². The van der Waals surface area contributed by atoms with Gasteiger partial charge in [0, 0.05) is 26.8 Å². The van der Waals surface area contributed by atoms with Gasteiger partial charge in [0.1, 0.15) is 11.9 Å². The Morgan fingerprint density at radius 2 is 2.38 bits per heavy atom. The molecule has 1 aliphatic rings. The molecule has 1 saturated heterocycles. The van der Waals surface area contributed by atoms with Gasteiger partial charge in [-0.1, -0.05) is 0 Å². The maximum absolute atomic E-state index is 11.7. The maximum Gasteiger partial charge on any atom is 0.244 e. The summed E-state index contributed by atoms with van der Waals surface area (Å²) in [6.07, 6.45) is 2.47. The van der Waals surface area contributed by atoms with E-state index >= 15 is 0 Å². The molecule has 1 atom stereocenters. The number of amides is 1. The van der Waals surface area contributed by atoms with Gasteiger partial charge in [0.15, 0.2) is 0 Å². The summed E-state index contributed by atoms with van der Waals surface area (Å²) in [6, 6.07) is 1.59. The molecule has 6 nitrogen and oxygen atoms in total. The molecule has 0 radical (unpaired) electrons. The van der Waals surface area contributed by atoms with E-state index in [0.29, 0.717) is 11.8 Å². The molecular formula is C10H15N5O. The highest BCUT2D eigenvalue weighted by atomic mass is 16.2. The van der Waals surface area contributed by atoms with Crippen molar-refractivity contribution in [1.29, 1.82) is 0 Å². The first-order valence-electron chi connectivity index (χ1n) is 5.23. The van der Waals surface area contributed by atoms with Crippen LogP contribution in [0.25, 0.3) is 0 Å². The van der Waals surface area contributed by atoms with E-state index in [1.54, 1.807) is 24.2 Å². The van der Waals surface area contributed by atoms with Crippen LogP contribution in [0.5, 0.6) is 0 Å². The molecule has 16 heavy (non-hydrogen) atoms. The van der Waals surface area contributed by atoms with Crippen LogP contribution in [-0.4, -0.2) is 47.5 Å². The van der Waals surface area contributed by atoms with Gasteiger partial charge in [-0.25, -0.2) is 4.98 Å². The topological polar surface area (TPSA) is 70.2 Å². The van der Waals surface area contributed by atoms with Gasteiger partial charge in [-0.05, 0) is 12.5 Å². The predicted molar refractivity (Wildman–Crippen MR) is 61.2 cm³/mol. The molecule has 2 rings (SSSR count). The monoisotopic (exact) mass is 221 g/mol. The lowest BCUT2D eigenvalue weighted by Gasteiger charge is -2.12. The fourth-order valence-electron chi connectivity index (χ4n) is 1.69. The zero-order chi connectivity index (χ0) is 11.5. The van der Waals surface area contributed by atoms with Crippen LogP contribution in [0.2, 0.25) is 0 Å². The fraction of sp³-hybridized carbons (Fsp3) is 0.500. The first kappa shape index (κ1) is 10.7. The number of carbonyl (C=O) groups is 1. The van der Waals surface area contributed by atoms with Crippen molar-refractivity contribution in [3.63, 3.8) is 0 Å². The molecule has 86 valence electrons. The van der Waals surface area contributed by atoms with Crippen molar-refractivity contribution < 1.29 is 4.79 Å².